The Hall–Kier alpha value is -0.650. The first-order chi connectivity index (χ1) is 8.10. The average molecular weight is 320 g/mol. The van der Waals surface area contributed by atoms with Gasteiger partial charge in [-0.25, -0.2) is 4.98 Å². The van der Waals surface area contributed by atoms with Gasteiger partial charge in [-0.1, -0.05) is 11.6 Å². The smallest absolute Gasteiger partial charge is 0.254 e. The summed E-state index contributed by atoms with van der Waals surface area (Å²) in [5.74, 6) is -0.191. The Labute approximate surface area is 113 Å². The minimum Gasteiger partial charge on any atom is -0.381 e. The zero-order valence-electron chi connectivity index (χ0n) is 9.24. The molecule has 1 aromatic rings. The first-order valence-electron chi connectivity index (χ1n) is 5.25. The van der Waals surface area contributed by atoms with E-state index in [2.05, 4.69) is 26.2 Å². The number of hydrogen-bond acceptors (Lipinski definition) is 3. The summed E-state index contributed by atoms with van der Waals surface area (Å²) in [7, 11) is 1.68. The highest BCUT2D eigenvalue weighted by Crippen LogP contribution is 2.24. The Balaban J connectivity index is 1.98. The van der Waals surface area contributed by atoms with Crippen molar-refractivity contribution in [1.82, 2.24) is 10.3 Å². The highest BCUT2D eigenvalue weighted by molar-refractivity contribution is 9.10. The van der Waals surface area contributed by atoms with E-state index in [1.165, 1.54) is 0 Å². The fourth-order valence-corrected chi connectivity index (χ4v) is 2.24. The number of rotatable bonds is 3. The molecule has 17 heavy (non-hydrogen) atoms. The number of ether oxygens (including phenoxy) is 1. The van der Waals surface area contributed by atoms with E-state index in [1.54, 1.807) is 19.4 Å². The molecular formula is C11H12BrClN2O2. The van der Waals surface area contributed by atoms with Crippen LogP contribution < -0.4 is 5.32 Å². The van der Waals surface area contributed by atoms with Gasteiger partial charge >= 0.3 is 0 Å². The Bertz CT molecular complexity index is 435. The van der Waals surface area contributed by atoms with Crippen molar-refractivity contribution < 1.29 is 9.53 Å². The molecule has 1 aliphatic rings. The third-order valence-electron chi connectivity index (χ3n) is 2.81. The zero-order chi connectivity index (χ0) is 12.4. The summed E-state index contributed by atoms with van der Waals surface area (Å²) in [4.78, 5) is 15.8. The normalized spacial score (nSPS) is 23.0. The molecule has 0 aromatic carbocycles. The van der Waals surface area contributed by atoms with Gasteiger partial charge in [0.2, 0.25) is 0 Å². The monoisotopic (exact) mass is 318 g/mol. The van der Waals surface area contributed by atoms with Crippen LogP contribution in [-0.2, 0) is 4.74 Å². The van der Waals surface area contributed by atoms with E-state index in [4.69, 9.17) is 16.3 Å². The minimum atomic E-state index is -0.191. The quantitative estimate of drug-likeness (QED) is 0.871. The van der Waals surface area contributed by atoms with Crippen molar-refractivity contribution in [3.8, 4) is 0 Å². The van der Waals surface area contributed by atoms with E-state index >= 15 is 0 Å². The maximum Gasteiger partial charge on any atom is 0.254 e. The fourth-order valence-electron chi connectivity index (χ4n) is 1.72. The molecule has 0 bridgehead atoms. The topological polar surface area (TPSA) is 51.2 Å². The largest absolute Gasteiger partial charge is 0.381 e. The van der Waals surface area contributed by atoms with Crippen LogP contribution in [0, 0.1) is 0 Å². The van der Waals surface area contributed by atoms with Crippen molar-refractivity contribution >= 4 is 33.4 Å². The van der Waals surface area contributed by atoms with Crippen LogP contribution >= 0.6 is 27.5 Å². The lowest BCUT2D eigenvalue weighted by Gasteiger charge is -2.34. The van der Waals surface area contributed by atoms with Gasteiger partial charge in [0.15, 0.2) is 0 Å². The Morgan fingerprint density at radius 3 is 3.00 bits per heavy atom. The van der Waals surface area contributed by atoms with Gasteiger partial charge in [0, 0.05) is 23.8 Å². The lowest BCUT2D eigenvalue weighted by Crippen LogP contribution is -2.47. The molecule has 1 amide bonds. The molecule has 1 saturated carbocycles. The van der Waals surface area contributed by atoms with Crippen molar-refractivity contribution in [2.75, 3.05) is 7.11 Å². The van der Waals surface area contributed by atoms with Gasteiger partial charge < -0.3 is 10.1 Å². The summed E-state index contributed by atoms with van der Waals surface area (Å²) < 4.78 is 5.88. The molecule has 0 atom stereocenters. The standard InChI is InChI=1S/C11H12BrClN2O2/c1-17-8-3-7(4-8)15-11(16)9-2-6(12)5-14-10(9)13/h2,5,7-8H,3-4H2,1H3,(H,15,16). The van der Waals surface area contributed by atoms with Gasteiger partial charge in [0.25, 0.3) is 5.91 Å². The first-order valence-corrected chi connectivity index (χ1v) is 6.42. The second kappa shape index (κ2) is 5.33. The van der Waals surface area contributed by atoms with E-state index < -0.39 is 0 Å². The molecule has 1 aromatic heterocycles. The van der Waals surface area contributed by atoms with E-state index in [9.17, 15) is 4.79 Å². The van der Waals surface area contributed by atoms with Gasteiger partial charge in [-0.05, 0) is 34.8 Å². The summed E-state index contributed by atoms with van der Waals surface area (Å²) >= 11 is 9.14. The van der Waals surface area contributed by atoms with Crippen LogP contribution in [-0.4, -0.2) is 30.1 Å². The number of methoxy groups -OCH3 is 1. The summed E-state index contributed by atoms with van der Waals surface area (Å²) in [6.07, 6.45) is 3.52. The summed E-state index contributed by atoms with van der Waals surface area (Å²) in [5.41, 5.74) is 0.391. The van der Waals surface area contributed by atoms with E-state index in [-0.39, 0.29) is 23.2 Å². The molecule has 1 heterocycles. The van der Waals surface area contributed by atoms with Gasteiger partial charge in [-0.15, -0.1) is 0 Å². The zero-order valence-corrected chi connectivity index (χ0v) is 11.6. The van der Waals surface area contributed by atoms with E-state index in [1.807, 2.05) is 0 Å². The number of nitrogens with one attached hydrogen (secondary N) is 1. The third-order valence-corrected chi connectivity index (χ3v) is 3.55. The number of halogens is 2. The van der Waals surface area contributed by atoms with Crippen molar-refractivity contribution in [3.05, 3.63) is 27.5 Å². The summed E-state index contributed by atoms with van der Waals surface area (Å²) in [5, 5.41) is 3.12. The van der Waals surface area contributed by atoms with Crippen LogP contribution in [0.3, 0.4) is 0 Å². The SMILES string of the molecule is COC1CC(NC(=O)c2cc(Br)cnc2Cl)C1. The maximum atomic E-state index is 11.9. The first kappa shape index (κ1) is 12.8. The number of hydrogen-bond donors (Lipinski definition) is 1. The lowest BCUT2D eigenvalue weighted by atomic mass is 9.89. The van der Waals surface area contributed by atoms with Crippen LogP contribution in [0.5, 0.6) is 0 Å². The number of amides is 1. The molecule has 0 spiro atoms. The lowest BCUT2D eigenvalue weighted by molar-refractivity contribution is 0.0176. The highest BCUT2D eigenvalue weighted by Gasteiger charge is 2.30. The molecule has 1 fully saturated rings. The number of carbonyl (C=O) groups excluding carboxylic acids is 1. The van der Waals surface area contributed by atoms with Crippen molar-refractivity contribution in [3.63, 3.8) is 0 Å². The van der Waals surface area contributed by atoms with Crippen molar-refractivity contribution in [2.24, 2.45) is 0 Å². The van der Waals surface area contributed by atoms with Gasteiger partial charge in [-0.2, -0.15) is 0 Å². The van der Waals surface area contributed by atoms with Crippen LogP contribution in [0.25, 0.3) is 0 Å². The highest BCUT2D eigenvalue weighted by atomic mass is 79.9. The van der Waals surface area contributed by atoms with Crippen molar-refractivity contribution in [1.29, 1.82) is 0 Å². The molecule has 1 aliphatic carbocycles. The fraction of sp³-hybridized carbons (Fsp3) is 0.455. The maximum absolute atomic E-state index is 11.9. The molecular weight excluding hydrogens is 307 g/mol. The molecule has 6 heteroatoms. The predicted molar refractivity (Wildman–Crippen MR) is 68.2 cm³/mol. The van der Waals surface area contributed by atoms with Crippen molar-refractivity contribution in [2.45, 2.75) is 25.0 Å². The summed E-state index contributed by atoms with van der Waals surface area (Å²) in [6.45, 7) is 0. The van der Waals surface area contributed by atoms with Gasteiger partial charge in [0.05, 0.1) is 11.7 Å². The van der Waals surface area contributed by atoms with Crippen LogP contribution in [0.2, 0.25) is 5.15 Å². The number of nitrogens with zero attached hydrogens (tertiary/aromatic N) is 1. The second-order valence-corrected chi connectivity index (χ2v) is 5.27. The van der Waals surface area contributed by atoms with E-state index in [0.717, 1.165) is 17.3 Å². The second-order valence-electron chi connectivity index (χ2n) is 3.99. The molecule has 4 nitrogen and oxygen atoms in total. The predicted octanol–water partition coefficient (Wildman–Crippen LogP) is 2.40. The minimum absolute atomic E-state index is 0.169. The molecule has 92 valence electrons. The summed E-state index contributed by atoms with van der Waals surface area (Å²) in [6, 6.07) is 1.83. The molecule has 0 radical (unpaired) electrons. The molecule has 2 rings (SSSR count). The Morgan fingerprint density at radius 1 is 1.65 bits per heavy atom. The third kappa shape index (κ3) is 2.97. The molecule has 0 unspecified atom stereocenters. The number of pyridine rings is 1. The van der Waals surface area contributed by atoms with E-state index in [0.29, 0.717) is 5.56 Å². The Kier molecular flexibility index (Phi) is 4.01. The average Bonchev–Trinajstić information content (AvgIpc) is 2.25. The molecule has 1 N–H and O–H groups in total. The van der Waals surface area contributed by atoms with Crippen LogP contribution in [0.4, 0.5) is 0 Å². The van der Waals surface area contributed by atoms with Crippen LogP contribution in [0.1, 0.15) is 23.2 Å². The molecule has 0 aliphatic heterocycles. The van der Waals surface area contributed by atoms with Gasteiger partial charge in [-0.3, -0.25) is 4.79 Å². The number of aromatic nitrogens is 1. The van der Waals surface area contributed by atoms with Crippen LogP contribution in [0.15, 0.2) is 16.7 Å². The number of carbonyl (C=O) groups is 1. The Morgan fingerprint density at radius 2 is 2.35 bits per heavy atom. The molecule has 0 saturated heterocycles. The van der Waals surface area contributed by atoms with Gasteiger partial charge in [0.1, 0.15) is 5.15 Å².